The lowest BCUT2D eigenvalue weighted by molar-refractivity contribution is -0.346. The Hall–Kier alpha value is -4.03. The van der Waals surface area contributed by atoms with Crippen LogP contribution in [-0.2, 0) is 47.6 Å². The number of nitrogens with one attached hydrogen (secondary N) is 1. The number of likely N-dealkylation sites (N-methyl/N-ethyl adjacent to an activating group) is 1. The topological polar surface area (TPSA) is 237 Å². The van der Waals surface area contributed by atoms with Gasteiger partial charge in [0.05, 0.1) is 29.3 Å². The zero-order valence-electron chi connectivity index (χ0n) is 38.8. The van der Waals surface area contributed by atoms with Gasteiger partial charge in [-0.25, -0.2) is 14.4 Å². The van der Waals surface area contributed by atoms with Crippen LogP contribution in [0.5, 0.6) is 0 Å². The quantitative estimate of drug-likeness (QED) is 0.102. The van der Waals surface area contributed by atoms with Crippen LogP contribution in [0.2, 0.25) is 0 Å². The van der Waals surface area contributed by atoms with E-state index in [1.165, 1.54) is 32.9 Å². The Morgan fingerprint density at radius 3 is 2.25 bits per heavy atom. The number of carbonyl (C=O) groups excluding carboxylic acids is 6. The molecule has 0 aromatic heterocycles. The number of hydrogen-bond acceptors (Lipinski definition) is 17. The molecular weight excluding hydrogens is 865 g/mol. The summed E-state index contributed by atoms with van der Waals surface area (Å²) in [5.41, 5.74) is -8.57. The highest BCUT2D eigenvalue weighted by molar-refractivity contribution is 7.17. The van der Waals surface area contributed by atoms with E-state index >= 15 is 4.79 Å². The molecule has 1 amide bonds. The van der Waals surface area contributed by atoms with Gasteiger partial charge in [0, 0.05) is 57.8 Å². The molecule has 65 heavy (non-hydrogen) atoms. The van der Waals surface area contributed by atoms with Crippen LogP contribution in [0.25, 0.3) is 0 Å². The first-order valence-corrected chi connectivity index (χ1v) is 22.9. The van der Waals surface area contributed by atoms with Gasteiger partial charge in [-0.1, -0.05) is 32.0 Å². The van der Waals surface area contributed by atoms with Crippen molar-refractivity contribution in [3.8, 4) is 0 Å². The number of alkyl carbamates (subject to hydrolysis) is 1. The second-order valence-electron chi connectivity index (χ2n) is 19.9. The van der Waals surface area contributed by atoms with E-state index in [9.17, 15) is 39.3 Å². The normalized spacial score (nSPS) is 33.3. The minimum Gasteiger partial charge on any atom is -0.461 e. The van der Waals surface area contributed by atoms with E-state index in [1.807, 2.05) is 0 Å². The van der Waals surface area contributed by atoms with Gasteiger partial charge in [0.15, 0.2) is 17.5 Å². The van der Waals surface area contributed by atoms with Gasteiger partial charge in [-0.15, -0.1) is 9.24 Å². The number of aliphatic hydroxyl groups excluding tert-OH is 2. The summed E-state index contributed by atoms with van der Waals surface area (Å²) in [6, 6.07) is 7.89. The van der Waals surface area contributed by atoms with E-state index < -0.39 is 118 Å². The first kappa shape index (κ1) is 50.4. The minimum atomic E-state index is -2.38. The van der Waals surface area contributed by atoms with Crippen molar-refractivity contribution in [3.63, 3.8) is 0 Å². The number of esters is 4. The highest BCUT2D eigenvalue weighted by Crippen LogP contribution is 2.64. The molecule has 12 atom stereocenters. The number of amides is 1. The van der Waals surface area contributed by atoms with E-state index in [0.29, 0.717) is 13.0 Å². The van der Waals surface area contributed by atoms with Crippen molar-refractivity contribution in [1.29, 1.82) is 0 Å². The minimum absolute atomic E-state index is 0.00207. The van der Waals surface area contributed by atoms with Gasteiger partial charge in [0.1, 0.15) is 41.7 Å². The number of piperazine rings is 1. The number of benzene rings is 1. The second-order valence-corrected chi connectivity index (χ2v) is 20.6. The molecule has 2 bridgehead atoms. The van der Waals surface area contributed by atoms with Crippen LogP contribution in [0.15, 0.2) is 41.5 Å². The summed E-state index contributed by atoms with van der Waals surface area (Å²) in [5, 5.41) is 39.7. The molecule has 360 valence electrons. The maximum atomic E-state index is 15.6. The van der Waals surface area contributed by atoms with Gasteiger partial charge in [-0.2, -0.15) is 0 Å². The van der Waals surface area contributed by atoms with Crippen molar-refractivity contribution in [2.75, 3.05) is 46.4 Å². The molecule has 3 aliphatic carbocycles. The average Bonchev–Trinajstić information content (AvgIpc) is 3.21. The molecule has 2 saturated carbocycles. The highest BCUT2D eigenvalue weighted by atomic mass is 31.0. The molecule has 0 spiro atoms. The van der Waals surface area contributed by atoms with Crippen molar-refractivity contribution in [1.82, 2.24) is 15.1 Å². The van der Waals surface area contributed by atoms with Crippen molar-refractivity contribution >= 4 is 45.0 Å². The van der Waals surface area contributed by atoms with E-state index in [-0.39, 0.29) is 36.2 Å². The molecule has 18 nitrogen and oxygen atoms in total. The van der Waals surface area contributed by atoms with Gasteiger partial charge in [-0.05, 0) is 77.9 Å². The Morgan fingerprint density at radius 1 is 1.02 bits per heavy atom. The lowest BCUT2D eigenvalue weighted by Gasteiger charge is -2.67. The molecule has 4 N–H and O–H groups in total. The smallest absolute Gasteiger partial charge is 0.408 e. The van der Waals surface area contributed by atoms with Crippen molar-refractivity contribution in [3.05, 3.63) is 47.0 Å². The monoisotopic (exact) mass is 931 g/mol. The molecular formula is C46H66N3O15P. The SMILES string of the molecule is CC(=O)O[C@@]12CO[C@@H]1C[C@H](OC(=O)CCCN1CCN(C)CC1)[C@@]1(C)C(=O)[C@H](O)C3=C(C)[C@@H](OC(=O)[C@H](O)[C@H](P)NC(=O)OC(C)(C)C)C[C@@](O)([C@@H](OC(=O)c4ccccc4)C12)C3(C)C. The van der Waals surface area contributed by atoms with E-state index in [4.69, 9.17) is 28.4 Å². The van der Waals surface area contributed by atoms with E-state index in [2.05, 4.69) is 31.4 Å². The number of hydrogen-bond donors (Lipinski definition) is 4. The number of ether oxygens (including phenoxy) is 6. The number of carbonyl (C=O) groups is 6. The molecule has 2 unspecified atom stereocenters. The lowest BCUT2D eigenvalue weighted by Crippen LogP contribution is -2.82. The maximum Gasteiger partial charge on any atom is 0.408 e. The van der Waals surface area contributed by atoms with Crippen molar-refractivity contribution in [2.45, 2.75) is 140 Å². The molecule has 1 aromatic rings. The Morgan fingerprint density at radius 2 is 1.66 bits per heavy atom. The standard InChI is InChI=1S/C46H66N3O15P/c1-25-28(60-40(56)34(53)38(65)47-41(57)64-42(3,4)5)23-46(58)37(62-39(55)27-14-11-10-12-15-27)35-44(8,36(54)33(52)32(25)43(46,6)7)29(22-30-45(35,24-59-30)63-26(2)50)61-31(51)16-13-17-49-20-18-48(9)19-21-49/h10-12,14-15,28-30,33-35,37-38,52-53,58H,13,16-24,65H2,1-9H3,(H,47,57)/t28-,29-,30+,33+,34+,35?,37-,38-,44+,45-,46+/m0/s1. The first-order chi connectivity index (χ1) is 30.3. The molecule has 5 aliphatic rings. The molecule has 6 rings (SSSR count). The Bertz CT molecular complexity index is 2040. The third-order valence-corrected chi connectivity index (χ3v) is 14.7. The van der Waals surface area contributed by atoms with Gasteiger partial charge >= 0.3 is 30.0 Å². The van der Waals surface area contributed by atoms with E-state index in [1.54, 1.807) is 52.8 Å². The second kappa shape index (κ2) is 18.9. The molecule has 4 fully saturated rings. The zero-order chi connectivity index (χ0) is 48.0. The number of fused-ring (bicyclic) bond motifs is 5. The summed E-state index contributed by atoms with van der Waals surface area (Å²) >= 11 is 0. The van der Waals surface area contributed by atoms with Gasteiger partial charge in [-0.3, -0.25) is 14.4 Å². The largest absolute Gasteiger partial charge is 0.461 e. The van der Waals surface area contributed by atoms with Crippen LogP contribution >= 0.6 is 9.24 Å². The number of aliphatic hydroxyl groups is 3. The van der Waals surface area contributed by atoms with Crippen LogP contribution in [-0.4, -0.2) is 166 Å². The van der Waals surface area contributed by atoms with Crippen LogP contribution in [0, 0.1) is 16.7 Å². The number of Topliss-reactive ketones (excluding diaryl/α,β-unsaturated/α-hetero) is 1. The molecule has 2 heterocycles. The summed E-state index contributed by atoms with van der Waals surface area (Å²) < 4.78 is 36.1. The van der Waals surface area contributed by atoms with Gasteiger partial charge in [0.2, 0.25) is 0 Å². The molecule has 1 aromatic carbocycles. The average molecular weight is 932 g/mol. The van der Waals surface area contributed by atoms with Gasteiger partial charge < -0.3 is 58.9 Å². The summed E-state index contributed by atoms with van der Waals surface area (Å²) in [7, 11) is 4.18. The first-order valence-electron chi connectivity index (χ1n) is 22.2. The summed E-state index contributed by atoms with van der Waals surface area (Å²) in [6.07, 6.45) is -10.8. The predicted octanol–water partition coefficient (Wildman–Crippen LogP) is 2.30. The Labute approximate surface area is 382 Å². The number of nitrogens with zero attached hydrogens (tertiary/aromatic N) is 2. The Balaban J connectivity index is 1.44. The summed E-state index contributed by atoms with van der Waals surface area (Å²) in [4.78, 5) is 87.7. The fourth-order valence-electron chi connectivity index (χ4n) is 10.5. The third kappa shape index (κ3) is 9.72. The highest BCUT2D eigenvalue weighted by Gasteiger charge is 2.78. The lowest BCUT2D eigenvalue weighted by atomic mass is 9.44. The maximum absolute atomic E-state index is 15.6. The molecule has 0 radical (unpaired) electrons. The van der Waals surface area contributed by atoms with Gasteiger partial charge in [0.25, 0.3) is 0 Å². The third-order valence-electron chi connectivity index (χ3n) is 14.1. The molecule has 2 saturated heterocycles. The van der Waals surface area contributed by atoms with Crippen LogP contribution in [0.3, 0.4) is 0 Å². The van der Waals surface area contributed by atoms with Crippen LogP contribution in [0.4, 0.5) is 4.79 Å². The molecule has 19 heteroatoms. The van der Waals surface area contributed by atoms with Crippen molar-refractivity contribution in [2.24, 2.45) is 16.7 Å². The zero-order valence-corrected chi connectivity index (χ0v) is 39.9. The van der Waals surface area contributed by atoms with Crippen molar-refractivity contribution < 1.29 is 72.5 Å². The van der Waals surface area contributed by atoms with Crippen LogP contribution in [0.1, 0.15) is 91.4 Å². The Kier molecular flexibility index (Phi) is 14.7. The van der Waals surface area contributed by atoms with E-state index in [0.717, 1.165) is 26.2 Å². The predicted molar refractivity (Wildman–Crippen MR) is 235 cm³/mol. The number of rotatable bonds is 12. The molecule has 2 aliphatic heterocycles. The van der Waals surface area contributed by atoms with Crippen LogP contribution < -0.4 is 5.32 Å². The fraction of sp³-hybridized carbons (Fsp3) is 0.696. The number of ketones is 1. The fourth-order valence-corrected chi connectivity index (χ4v) is 10.8. The summed E-state index contributed by atoms with van der Waals surface area (Å²) in [5.74, 6) is -7.32. The summed E-state index contributed by atoms with van der Waals surface area (Å²) in [6.45, 7) is 16.0.